The molecule has 1 aliphatic carbocycles. The molecule has 48 heavy (non-hydrogen) atoms. The van der Waals surface area contributed by atoms with Gasteiger partial charge in [-0.2, -0.15) is 15.1 Å². The molecule has 0 radical (unpaired) electrons. The number of halogens is 1. The molecule has 2 fully saturated rings. The molecule has 0 amide bonds. The number of anilines is 2. The SMILES string of the molecule is C#C[C@@]1(F)[C@H](O)[C@@H](CO[P@](=O)(N[C@@H](C)C(=O)OC(C)C)Oc2cccc3ccccc23)O[C@H]1n1cnc2c(N(C)C3CC3)nc(N)nc21. The third-order valence-electron chi connectivity index (χ3n) is 8.20. The van der Waals surface area contributed by atoms with E-state index in [4.69, 9.17) is 30.7 Å². The molecule has 1 saturated carbocycles. The van der Waals surface area contributed by atoms with Crippen molar-refractivity contribution in [2.45, 2.75) is 75.9 Å². The molecule has 1 saturated heterocycles. The highest BCUT2D eigenvalue weighted by molar-refractivity contribution is 7.52. The molecule has 6 atom stereocenters. The Balaban J connectivity index is 1.29. The molecule has 6 rings (SSSR count). The van der Waals surface area contributed by atoms with Crippen molar-refractivity contribution in [1.82, 2.24) is 24.6 Å². The van der Waals surface area contributed by atoms with Gasteiger partial charge in [0.1, 0.15) is 24.0 Å². The lowest BCUT2D eigenvalue weighted by molar-refractivity contribution is -0.149. The van der Waals surface area contributed by atoms with Crippen molar-refractivity contribution in [1.29, 1.82) is 0 Å². The van der Waals surface area contributed by atoms with Gasteiger partial charge in [0.15, 0.2) is 23.2 Å². The topological polar surface area (TPSA) is 176 Å². The summed E-state index contributed by atoms with van der Waals surface area (Å²) in [6.07, 6.45) is 3.42. The number of terminal acetylenes is 1. The second-order valence-corrected chi connectivity index (χ2v) is 13.8. The first kappa shape index (κ1) is 33.6. The van der Waals surface area contributed by atoms with Crippen molar-refractivity contribution in [2.24, 2.45) is 0 Å². The molecule has 14 nitrogen and oxygen atoms in total. The Bertz CT molecular complexity index is 1930. The second-order valence-electron chi connectivity index (χ2n) is 12.2. The van der Waals surface area contributed by atoms with Crippen molar-refractivity contribution < 1.29 is 37.4 Å². The summed E-state index contributed by atoms with van der Waals surface area (Å²) in [4.78, 5) is 27.6. The number of nitrogens with one attached hydrogen (secondary N) is 1. The van der Waals surface area contributed by atoms with Crippen LogP contribution in [0.5, 0.6) is 5.75 Å². The molecule has 254 valence electrons. The molecule has 2 aromatic carbocycles. The highest BCUT2D eigenvalue weighted by Crippen LogP contribution is 2.49. The second kappa shape index (κ2) is 12.9. The molecule has 3 heterocycles. The maximum atomic E-state index is 16.5. The number of rotatable bonds is 12. The highest BCUT2D eigenvalue weighted by Gasteiger charge is 2.58. The average Bonchev–Trinajstić information content (AvgIpc) is 3.78. The van der Waals surface area contributed by atoms with E-state index in [1.807, 2.05) is 36.1 Å². The van der Waals surface area contributed by atoms with Crippen molar-refractivity contribution in [3.05, 3.63) is 48.8 Å². The quantitative estimate of drug-likeness (QED) is 0.112. The Kier molecular flexibility index (Phi) is 9.06. The number of nitrogen functional groups attached to an aromatic ring is 1. The normalized spacial score (nSPS) is 24.3. The number of fused-ring (bicyclic) bond motifs is 2. The van der Waals surface area contributed by atoms with Crippen LogP contribution in [-0.2, 0) is 23.4 Å². The summed E-state index contributed by atoms with van der Waals surface area (Å²) >= 11 is 0. The van der Waals surface area contributed by atoms with E-state index in [0.717, 1.165) is 18.2 Å². The molecule has 2 aromatic heterocycles. The fraction of sp³-hybridized carbons (Fsp3) is 0.438. The van der Waals surface area contributed by atoms with Crippen LogP contribution in [0.3, 0.4) is 0 Å². The number of alkyl halides is 1. The van der Waals surface area contributed by atoms with Gasteiger partial charge in [0.2, 0.25) is 11.6 Å². The van der Waals surface area contributed by atoms with Crippen LogP contribution in [0.1, 0.15) is 39.8 Å². The first-order valence-electron chi connectivity index (χ1n) is 15.5. The van der Waals surface area contributed by atoms with E-state index >= 15 is 4.39 Å². The van der Waals surface area contributed by atoms with Gasteiger partial charge >= 0.3 is 13.7 Å². The van der Waals surface area contributed by atoms with Crippen LogP contribution < -0.4 is 20.2 Å². The molecule has 16 heteroatoms. The Morgan fingerprint density at radius 2 is 2.00 bits per heavy atom. The van der Waals surface area contributed by atoms with E-state index < -0.39 is 56.6 Å². The summed E-state index contributed by atoms with van der Waals surface area (Å²) in [7, 11) is -2.59. The Hall–Kier alpha value is -4.32. The number of hydrogen-bond donors (Lipinski definition) is 3. The first-order chi connectivity index (χ1) is 22.8. The van der Waals surface area contributed by atoms with Crippen LogP contribution in [0.15, 0.2) is 48.8 Å². The van der Waals surface area contributed by atoms with Gasteiger partial charge in [-0.3, -0.25) is 13.9 Å². The number of ether oxygens (including phenoxy) is 2. The fourth-order valence-electron chi connectivity index (χ4n) is 5.57. The lowest BCUT2D eigenvalue weighted by Crippen LogP contribution is -2.42. The number of nitrogens with two attached hydrogens (primary N) is 1. The maximum absolute atomic E-state index is 16.5. The number of aliphatic hydroxyl groups excluding tert-OH is 1. The van der Waals surface area contributed by atoms with Gasteiger partial charge in [-0.1, -0.05) is 42.3 Å². The maximum Gasteiger partial charge on any atom is 0.459 e. The number of hydrogen-bond acceptors (Lipinski definition) is 12. The van der Waals surface area contributed by atoms with E-state index in [2.05, 4.69) is 20.0 Å². The number of benzene rings is 2. The molecule has 1 aliphatic heterocycles. The average molecular weight is 682 g/mol. The number of imidazole rings is 1. The minimum Gasteiger partial charge on any atom is -0.462 e. The lowest BCUT2D eigenvalue weighted by Gasteiger charge is -2.25. The van der Waals surface area contributed by atoms with E-state index in [1.54, 1.807) is 38.1 Å². The van der Waals surface area contributed by atoms with Crippen molar-refractivity contribution in [3.63, 3.8) is 0 Å². The number of carbonyl (C=O) groups is 1. The van der Waals surface area contributed by atoms with Gasteiger partial charge in [0.25, 0.3) is 0 Å². The van der Waals surface area contributed by atoms with Crippen molar-refractivity contribution in [3.8, 4) is 18.1 Å². The Labute approximate surface area is 276 Å². The largest absolute Gasteiger partial charge is 0.462 e. The summed E-state index contributed by atoms with van der Waals surface area (Å²) in [5.74, 6) is 1.89. The molecule has 4 N–H and O–H groups in total. The molecular weight excluding hydrogens is 644 g/mol. The van der Waals surface area contributed by atoms with Gasteiger partial charge < -0.3 is 29.7 Å². The summed E-state index contributed by atoms with van der Waals surface area (Å²) in [6.45, 7) is 4.12. The van der Waals surface area contributed by atoms with Crippen molar-refractivity contribution in [2.75, 3.05) is 24.3 Å². The molecule has 2 aliphatic rings. The number of esters is 1. The molecule has 0 spiro atoms. The van der Waals surface area contributed by atoms with Gasteiger partial charge in [-0.05, 0) is 45.1 Å². The zero-order valence-electron chi connectivity index (χ0n) is 26.8. The van der Waals surface area contributed by atoms with Crippen molar-refractivity contribution >= 4 is 47.4 Å². The fourth-order valence-corrected chi connectivity index (χ4v) is 7.09. The standard InChI is InChI=1S/C32H37FN7O7P/c1-6-32(33)26(41)24(46-30(32)40-17-35-25-27(39(5)21-14-15-21)36-31(34)37-28(25)40)16-44-48(43,38-19(4)29(42)45-18(2)3)47-23-13-9-11-20-10-7-8-12-22(20)23/h1,7-13,17-19,21,24,26,30,41H,14-16H2,2-5H3,(H,38,43)(H2,34,36,37)/t19-,24+,26+,30+,32+,48+/m0/s1. The number of nitrogens with zero attached hydrogens (tertiary/aromatic N) is 5. The summed E-state index contributed by atoms with van der Waals surface area (Å²) in [5, 5.41) is 15.2. The van der Waals surface area contributed by atoms with Gasteiger partial charge in [0.05, 0.1) is 19.0 Å². The number of carbonyl (C=O) groups excluding carboxylic acids is 1. The highest BCUT2D eigenvalue weighted by atomic mass is 31.2. The summed E-state index contributed by atoms with van der Waals surface area (Å²) < 4.78 is 55.0. The summed E-state index contributed by atoms with van der Waals surface area (Å²) in [5.41, 5.74) is 3.71. The minimum atomic E-state index is -4.45. The van der Waals surface area contributed by atoms with Crippen LogP contribution in [0.25, 0.3) is 21.9 Å². The van der Waals surface area contributed by atoms with Crippen LogP contribution in [0.4, 0.5) is 16.2 Å². The van der Waals surface area contributed by atoms with E-state index in [1.165, 1.54) is 17.8 Å². The Morgan fingerprint density at radius 1 is 1.27 bits per heavy atom. The zero-order chi connectivity index (χ0) is 34.4. The Morgan fingerprint density at radius 3 is 2.71 bits per heavy atom. The van der Waals surface area contributed by atoms with Gasteiger partial charge in [0, 0.05) is 18.5 Å². The van der Waals surface area contributed by atoms with E-state index in [9.17, 15) is 14.5 Å². The number of aromatic nitrogens is 4. The number of aliphatic hydroxyl groups is 1. The smallest absolute Gasteiger partial charge is 0.459 e. The van der Waals surface area contributed by atoms with Gasteiger partial charge in [-0.15, -0.1) is 6.42 Å². The van der Waals surface area contributed by atoms with E-state index in [-0.39, 0.29) is 23.4 Å². The van der Waals surface area contributed by atoms with E-state index in [0.29, 0.717) is 16.7 Å². The monoisotopic (exact) mass is 681 g/mol. The molecule has 4 aromatic rings. The zero-order valence-corrected chi connectivity index (χ0v) is 27.7. The van der Waals surface area contributed by atoms with Gasteiger partial charge in [-0.25, -0.2) is 13.9 Å². The lowest BCUT2D eigenvalue weighted by atomic mass is 9.97. The predicted molar refractivity (Wildman–Crippen MR) is 176 cm³/mol. The third kappa shape index (κ3) is 6.42. The van der Waals surface area contributed by atoms with Crippen LogP contribution in [0.2, 0.25) is 0 Å². The first-order valence-corrected chi connectivity index (χ1v) is 17.0. The minimum absolute atomic E-state index is 0.0712. The van der Waals surface area contributed by atoms with Crippen LogP contribution >= 0.6 is 7.75 Å². The van der Waals surface area contributed by atoms with Crippen LogP contribution in [0, 0.1) is 12.3 Å². The van der Waals surface area contributed by atoms with Crippen LogP contribution in [-0.4, -0.2) is 80.3 Å². The molecular formula is C32H37FN7O7P. The molecule has 0 unspecified atom stereocenters. The summed E-state index contributed by atoms with van der Waals surface area (Å²) in [6, 6.07) is 11.5. The predicted octanol–water partition coefficient (Wildman–Crippen LogP) is 3.89. The molecule has 0 bridgehead atoms. The third-order valence-corrected chi connectivity index (χ3v) is 9.83.